The minimum atomic E-state index is -0.225. The molecule has 0 amide bonds. The van der Waals surface area contributed by atoms with Gasteiger partial charge in [-0.05, 0) is 31.5 Å². The Kier molecular flexibility index (Phi) is 5.95. The first kappa shape index (κ1) is 13.6. The fraction of sp³-hybridized carbons (Fsp3) is 0.500. The monoisotopic (exact) mass is 289 g/mol. The fourth-order valence-electron chi connectivity index (χ4n) is 1.45. The highest BCUT2D eigenvalue weighted by molar-refractivity contribution is 9.10. The van der Waals surface area contributed by atoms with Crippen LogP contribution in [0.3, 0.4) is 0 Å². The van der Waals surface area contributed by atoms with Gasteiger partial charge in [0, 0.05) is 23.7 Å². The molecule has 4 heteroatoms. The maximum atomic E-state index is 12.9. The lowest BCUT2D eigenvalue weighted by atomic mass is 10.1. The van der Waals surface area contributed by atoms with E-state index in [0.717, 1.165) is 23.2 Å². The Labute approximate surface area is 104 Å². The minimum absolute atomic E-state index is 0.176. The van der Waals surface area contributed by atoms with E-state index in [1.54, 1.807) is 6.07 Å². The molecule has 1 aromatic carbocycles. The van der Waals surface area contributed by atoms with Crippen LogP contribution in [0.1, 0.15) is 25.5 Å². The highest BCUT2D eigenvalue weighted by atomic mass is 79.9. The Bertz CT molecular complexity index is 333. The number of nitrogens with one attached hydrogen (secondary N) is 1. The van der Waals surface area contributed by atoms with Crippen LogP contribution < -0.4 is 5.32 Å². The zero-order valence-electron chi connectivity index (χ0n) is 9.59. The molecule has 2 nitrogen and oxygen atoms in total. The molecule has 0 bridgehead atoms. The second kappa shape index (κ2) is 6.99. The first-order valence-corrected chi connectivity index (χ1v) is 6.20. The molecule has 0 aliphatic rings. The van der Waals surface area contributed by atoms with E-state index < -0.39 is 0 Å². The van der Waals surface area contributed by atoms with Crippen molar-refractivity contribution >= 4 is 15.9 Å². The van der Waals surface area contributed by atoms with Gasteiger partial charge in [0.25, 0.3) is 0 Å². The first-order valence-electron chi connectivity index (χ1n) is 5.41. The summed E-state index contributed by atoms with van der Waals surface area (Å²) in [6, 6.07) is 4.92. The van der Waals surface area contributed by atoms with Gasteiger partial charge < -0.3 is 10.1 Å². The summed E-state index contributed by atoms with van der Waals surface area (Å²) in [5.41, 5.74) is 1.05. The van der Waals surface area contributed by atoms with E-state index in [1.807, 2.05) is 13.8 Å². The molecule has 0 spiro atoms. The molecular formula is C12H17BrFNO. The lowest BCUT2D eigenvalue weighted by Crippen LogP contribution is -2.23. The van der Waals surface area contributed by atoms with Gasteiger partial charge in [-0.15, -0.1) is 0 Å². The third-order valence-electron chi connectivity index (χ3n) is 2.33. The topological polar surface area (TPSA) is 21.3 Å². The maximum Gasteiger partial charge on any atom is 0.124 e. The maximum absolute atomic E-state index is 12.9. The lowest BCUT2D eigenvalue weighted by Gasteiger charge is -2.15. The number of hydrogen-bond acceptors (Lipinski definition) is 2. The average molecular weight is 290 g/mol. The summed E-state index contributed by atoms with van der Waals surface area (Å²) < 4.78 is 18.9. The van der Waals surface area contributed by atoms with Gasteiger partial charge in [-0.25, -0.2) is 4.39 Å². The highest BCUT2D eigenvalue weighted by Gasteiger charge is 2.08. The van der Waals surface area contributed by atoms with E-state index in [0.29, 0.717) is 6.61 Å². The second-order valence-electron chi connectivity index (χ2n) is 3.54. The van der Waals surface area contributed by atoms with Crippen LogP contribution >= 0.6 is 15.9 Å². The number of benzene rings is 1. The van der Waals surface area contributed by atoms with Crippen molar-refractivity contribution in [2.45, 2.75) is 19.9 Å². The summed E-state index contributed by atoms with van der Waals surface area (Å²) in [4.78, 5) is 0. The standard InChI is InChI=1S/C12H17BrFNO/c1-3-16-7-6-15-9(2)11-5-4-10(14)8-12(11)13/h4-5,8-9,15H,3,6-7H2,1-2H3. The van der Waals surface area contributed by atoms with Crippen molar-refractivity contribution in [2.24, 2.45) is 0 Å². The van der Waals surface area contributed by atoms with E-state index in [2.05, 4.69) is 21.2 Å². The molecule has 0 saturated carbocycles. The zero-order chi connectivity index (χ0) is 12.0. The summed E-state index contributed by atoms with van der Waals surface area (Å²) in [5.74, 6) is -0.225. The predicted octanol–water partition coefficient (Wildman–Crippen LogP) is 3.28. The molecule has 0 heterocycles. The van der Waals surface area contributed by atoms with Gasteiger partial charge in [0.05, 0.1) is 6.61 Å². The molecule has 0 aliphatic carbocycles. The molecule has 0 aromatic heterocycles. The van der Waals surface area contributed by atoms with Gasteiger partial charge in [0.2, 0.25) is 0 Å². The van der Waals surface area contributed by atoms with Gasteiger partial charge in [-0.2, -0.15) is 0 Å². The highest BCUT2D eigenvalue weighted by Crippen LogP contribution is 2.23. The average Bonchev–Trinajstić information content (AvgIpc) is 2.24. The summed E-state index contributed by atoms with van der Waals surface area (Å²) in [6.07, 6.45) is 0. The molecule has 0 saturated heterocycles. The summed E-state index contributed by atoms with van der Waals surface area (Å²) in [5, 5.41) is 3.32. The summed E-state index contributed by atoms with van der Waals surface area (Å²) in [6.45, 7) is 6.23. The van der Waals surface area contributed by atoms with Gasteiger partial charge in [0.1, 0.15) is 5.82 Å². The molecule has 1 N–H and O–H groups in total. The molecule has 1 aromatic rings. The minimum Gasteiger partial charge on any atom is -0.380 e. The van der Waals surface area contributed by atoms with Crippen molar-refractivity contribution < 1.29 is 9.13 Å². The van der Waals surface area contributed by atoms with Crippen molar-refractivity contribution in [1.82, 2.24) is 5.32 Å². The molecule has 90 valence electrons. The van der Waals surface area contributed by atoms with Gasteiger partial charge >= 0.3 is 0 Å². The van der Waals surface area contributed by atoms with Crippen LogP contribution in [-0.4, -0.2) is 19.8 Å². The quantitative estimate of drug-likeness (QED) is 0.812. The van der Waals surface area contributed by atoms with Crippen LogP contribution in [0.4, 0.5) is 4.39 Å². The molecule has 0 fully saturated rings. The van der Waals surface area contributed by atoms with Gasteiger partial charge in [0.15, 0.2) is 0 Å². The molecule has 1 rings (SSSR count). The Balaban J connectivity index is 2.49. The number of halogens is 2. The van der Waals surface area contributed by atoms with E-state index in [-0.39, 0.29) is 11.9 Å². The Hall–Kier alpha value is -0.450. The van der Waals surface area contributed by atoms with Crippen molar-refractivity contribution in [2.75, 3.05) is 19.8 Å². The van der Waals surface area contributed by atoms with Crippen molar-refractivity contribution in [3.05, 3.63) is 34.1 Å². The molecule has 1 atom stereocenters. The van der Waals surface area contributed by atoms with E-state index in [9.17, 15) is 4.39 Å². The molecule has 0 aliphatic heterocycles. The second-order valence-corrected chi connectivity index (χ2v) is 4.39. The smallest absolute Gasteiger partial charge is 0.124 e. The Morgan fingerprint density at radius 2 is 2.25 bits per heavy atom. The zero-order valence-corrected chi connectivity index (χ0v) is 11.2. The largest absolute Gasteiger partial charge is 0.380 e. The van der Waals surface area contributed by atoms with Crippen molar-refractivity contribution in [3.63, 3.8) is 0 Å². The van der Waals surface area contributed by atoms with Gasteiger partial charge in [-0.1, -0.05) is 22.0 Å². The van der Waals surface area contributed by atoms with Crippen LogP contribution in [0.5, 0.6) is 0 Å². The van der Waals surface area contributed by atoms with Crippen molar-refractivity contribution in [3.8, 4) is 0 Å². The molecule has 0 radical (unpaired) electrons. The predicted molar refractivity (Wildman–Crippen MR) is 67.0 cm³/mol. The Morgan fingerprint density at radius 1 is 1.50 bits per heavy atom. The Morgan fingerprint density at radius 3 is 2.88 bits per heavy atom. The molecule has 16 heavy (non-hydrogen) atoms. The molecular weight excluding hydrogens is 273 g/mol. The third kappa shape index (κ3) is 4.20. The summed E-state index contributed by atoms with van der Waals surface area (Å²) in [7, 11) is 0. The van der Waals surface area contributed by atoms with Crippen LogP contribution in [0.2, 0.25) is 0 Å². The van der Waals surface area contributed by atoms with E-state index in [4.69, 9.17) is 4.74 Å². The SMILES string of the molecule is CCOCCNC(C)c1ccc(F)cc1Br. The van der Waals surface area contributed by atoms with Gasteiger partial charge in [-0.3, -0.25) is 0 Å². The third-order valence-corrected chi connectivity index (χ3v) is 3.02. The van der Waals surface area contributed by atoms with Crippen LogP contribution in [0, 0.1) is 5.82 Å². The lowest BCUT2D eigenvalue weighted by molar-refractivity contribution is 0.147. The normalized spacial score (nSPS) is 12.8. The van der Waals surface area contributed by atoms with Crippen LogP contribution in [0.25, 0.3) is 0 Å². The van der Waals surface area contributed by atoms with Crippen LogP contribution in [-0.2, 0) is 4.74 Å². The van der Waals surface area contributed by atoms with E-state index in [1.165, 1.54) is 12.1 Å². The first-order chi connectivity index (χ1) is 7.65. The fourth-order valence-corrected chi connectivity index (χ4v) is 2.15. The number of ether oxygens (including phenoxy) is 1. The number of rotatable bonds is 6. The number of hydrogen-bond donors (Lipinski definition) is 1. The van der Waals surface area contributed by atoms with E-state index >= 15 is 0 Å². The molecule has 1 unspecified atom stereocenters. The summed E-state index contributed by atoms with van der Waals surface area (Å²) >= 11 is 3.36. The van der Waals surface area contributed by atoms with Crippen LogP contribution in [0.15, 0.2) is 22.7 Å². The van der Waals surface area contributed by atoms with Crippen molar-refractivity contribution in [1.29, 1.82) is 0 Å².